The van der Waals surface area contributed by atoms with Crippen molar-refractivity contribution in [3.8, 4) is 0 Å². The molecule has 0 aliphatic rings. The molecule has 0 fully saturated rings. The second-order valence-electron chi connectivity index (χ2n) is 8.75. The van der Waals surface area contributed by atoms with Gasteiger partial charge in [0.1, 0.15) is 11.9 Å². The van der Waals surface area contributed by atoms with E-state index in [1.807, 2.05) is 18.1 Å². The third kappa shape index (κ3) is 6.93. The van der Waals surface area contributed by atoms with Gasteiger partial charge >= 0.3 is 8.25 Å². The van der Waals surface area contributed by atoms with Crippen LogP contribution in [0.5, 0.6) is 0 Å². The molecule has 4 aromatic rings. The minimum absolute atomic E-state index is 0.288. The van der Waals surface area contributed by atoms with Gasteiger partial charge < -0.3 is 0 Å². The standard InChI is InChI=1S/C29H33N3S.HO3P/c1-4-23(5-2)21-27(33-3)28-30-22-32(31-28)29(24-15-9-6-10-16-24,25-17-11-7-12-18-25)26-19-13-8-14-20-26;1-4(2)3/h6-20,22-23,27H,4-5,21H2,1-3H3;(H-,1,2,3)/p+1. The number of benzene rings is 3. The lowest BCUT2D eigenvalue weighted by Crippen LogP contribution is -2.38. The van der Waals surface area contributed by atoms with E-state index in [0.717, 1.165) is 12.2 Å². The van der Waals surface area contributed by atoms with Gasteiger partial charge in [-0.15, -0.1) is 9.79 Å². The van der Waals surface area contributed by atoms with Crippen molar-refractivity contribution in [3.63, 3.8) is 0 Å². The van der Waals surface area contributed by atoms with Crippen molar-refractivity contribution >= 4 is 20.0 Å². The summed E-state index contributed by atoms with van der Waals surface area (Å²) >= 11 is 1.86. The first kappa shape index (κ1) is 28.7. The van der Waals surface area contributed by atoms with E-state index < -0.39 is 13.8 Å². The number of hydrogen-bond donors (Lipinski definition) is 2. The molecule has 8 heteroatoms. The number of nitrogens with zero attached hydrogens (tertiary/aromatic N) is 3. The second kappa shape index (κ2) is 14.2. The Morgan fingerprint density at radius 3 is 1.59 bits per heavy atom. The van der Waals surface area contributed by atoms with Crippen LogP contribution in [0, 0.1) is 5.92 Å². The molecule has 2 N–H and O–H groups in total. The summed E-state index contributed by atoms with van der Waals surface area (Å²) in [6.45, 7) is 4.56. The number of aromatic nitrogens is 3. The molecule has 0 aliphatic heterocycles. The summed E-state index contributed by atoms with van der Waals surface area (Å²) in [5.74, 6) is 1.61. The Balaban J connectivity index is 0.000000886. The SMILES string of the molecule is CCC(CC)CC(SC)c1ncn(C(c2ccccc2)(c2ccccc2)c2ccccc2)n1.O=[P+](O)O. The smallest absolute Gasteiger partial charge is 0.233 e. The Bertz CT molecular complexity index is 1120. The zero-order chi connectivity index (χ0) is 26.7. The first-order chi connectivity index (χ1) is 18.0. The molecule has 0 saturated carbocycles. The van der Waals surface area contributed by atoms with E-state index in [-0.39, 0.29) is 5.25 Å². The molecule has 3 aromatic carbocycles. The number of thioether (sulfide) groups is 1. The summed E-state index contributed by atoms with van der Waals surface area (Å²) in [4.78, 5) is 19.1. The van der Waals surface area contributed by atoms with Crippen molar-refractivity contribution in [2.75, 3.05) is 6.26 Å². The largest absolute Gasteiger partial charge is 0.692 e. The van der Waals surface area contributed by atoms with Crippen molar-refractivity contribution < 1.29 is 14.4 Å². The average molecular weight is 537 g/mol. The first-order valence-electron chi connectivity index (χ1n) is 12.4. The van der Waals surface area contributed by atoms with Crippen LogP contribution in [0.25, 0.3) is 0 Å². The molecule has 6 nitrogen and oxygen atoms in total. The molecule has 0 saturated heterocycles. The molecule has 1 unspecified atom stereocenters. The van der Waals surface area contributed by atoms with Gasteiger partial charge in [0.25, 0.3) is 0 Å². The first-order valence-corrected chi connectivity index (χ1v) is 14.9. The van der Waals surface area contributed by atoms with Crippen LogP contribution >= 0.6 is 20.0 Å². The molecule has 1 aromatic heterocycles. The van der Waals surface area contributed by atoms with Gasteiger partial charge in [-0.3, -0.25) is 0 Å². The third-order valence-corrected chi connectivity index (χ3v) is 7.67. The van der Waals surface area contributed by atoms with Crippen molar-refractivity contribution in [2.45, 2.75) is 43.9 Å². The molecule has 1 atom stereocenters. The summed E-state index contributed by atoms with van der Waals surface area (Å²) in [6, 6.07) is 32.0. The maximum atomic E-state index is 8.70. The van der Waals surface area contributed by atoms with Crippen LogP contribution in [-0.2, 0) is 10.1 Å². The van der Waals surface area contributed by atoms with Gasteiger partial charge in [0.2, 0.25) is 0 Å². The fraction of sp³-hybridized carbons (Fsp3) is 0.310. The molecule has 0 spiro atoms. The minimum Gasteiger partial charge on any atom is -0.233 e. The maximum Gasteiger partial charge on any atom is 0.692 e. The highest BCUT2D eigenvalue weighted by atomic mass is 32.2. The molecule has 0 aliphatic carbocycles. The van der Waals surface area contributed by atoms with Crippen LogP contribution in [0.3, 0.4) is 0 Å². The molecule has 1 heterocycles. The van der Waals surface area contributed by atoms with Gasteiger partial charge in [0.15, 0.2) is 5.82 Å². The molecule has 0 amide bonds. The molecule has 0 radical (unpaired) electrons. The summed E-state index contributed by atoms with van der Waals surface area (Å²) in [5.41, 5.74) is 2.89. The Morgan fingerprint density at radius 2 is 1.24 bits per heavy atom. The molecule has 0 bridgehead atoms. The summed E-state index contributed by atoms with van der Waals surface area (Å²) in [5, 5.41) is 5.48. The molecular formula is C29H35N3O3PS+. The number of hydrogen-bond acceptors (Lipinski definition) is 4. The highest BCUT2D eigenvalue weighted by molar-refractivity contribution is 7.98. The van der Waals surface area contributed by atoms with E-state index in [1.165, 1.54) is 29.5 Å². The quantitative estimate of drug-likeness (QED) is 0.168. The van der Waals surface area contributed by atoms with Crippen molar-refractivity contribution in [3.05, 3.63) is 120 Å². The highest BCUT2D eigenvalue weighted by Gasteiger charge is 2.40. The Hall–Kier alpha value is -2.83. The van der Waals surface area contributed by atoms with E-state index in [2.05, 4.69) is 116 Å². The monoisotopic (exact) mass is 536 g/mol. The third-order valence-electron chi connectivity index (χ3n) is 6.70. The Kier molecular flexibility index (Phi) is 11.0. The van der Waals surface area contributed by atoms with Crippen LogP contribution in [-0.4, -0.2) is 30.8 Å². The topological polar surface area (TPSA) is 88.2 Å². The second-order valence-corrected chi connectivity index (χ2v) is 10.3. The average Bonchev–Trinajstić information content (AvgIpc) is 3.42. The Morgan fingerprint density at radius 1 is 0.838 bits per heavy atom. The van der Waals surface area contributed by atoms with E-state index >= 15 is 0 Å². The van der Waals surface area contributed by atoms with Gasteiger partial charge in [-0.1, -0.05) is 118 Å². The van der Waals surface area contributed by atoms with E-state index in [4.69, 9.17) is 24.4 Å². The van der Waals surface area contributed by atoms with Crippen LogP contribution < -0.4 is 0 Å². The summed E-state index contributed by atoms with van der Waals surface area (Å²) in [7, 11) is -2.87. The van der Waals surface area contributed by atoms with Crippen LogP contribution in [0.15, 0.2) is 97.3 Å². The van der Waals surface area contributed by atoms with Crippen molar-refractivity contribution in [1.82, 2.24) is 14.8 Å². The van der Waals surface area contributed by atoms with Crippen LogP contribution in [0.2, 0.25) is 0 Å². The lowest BCUT2D eigenvalue weighted by atomic mass is 9.77. The summed E-state index contributed by atoms with van der Waals surface area (Å²) in [6.07, 6.45) is 7.59. The van der Waals surface area contributed by atoms with Gasteiger partial charge in [-0.2, -0.15) is 16.9 Å². The fourth-order valence-electron chi connectivity index (χ4n) is 4.75. The van der Waals surface area contributed by atoms with Gasteiger partial charge in [-0.25, -0.2) is 9.67 Å². The van der Waals surface area contributed by atoms with Crippen molar-refractivity contribution in [1.29, 1.82) is 0 Å². The number of rotatable bonds is 10. The highest BCUT2D eigenvalue weighted by Crippen LogP contribution is 2.41. The molecule has 4 rings (SSSR count). The van der Waals surface area contributed by atoms with E-state index in [0.29, 0.717) is 5.92 Å². The minimum atomic E-state index is -2.87. The predicted molar refractivity (Wildman–Crippen MR) is 152 cm³/mol. The van der Waals surface area contributed by atoms with E-state index in [1.54, 1.807) is 0 Å². The normalized spacial score (nSPS) is 12.1. The van der Waals surface area contributed by atoms with Gasteiger partial charge in [-0.05, 0) is 35.3 Å². The fourth-order valence-corrected chi connectivity index (χ4v) is 5.54. The van der Waals surface area contributed by atoms with Crippen LogP contribution in [0.1, 0.15) is 60.9 Å². The van der Waals surface area contributed by atoms with Crippen LogP contribution in [0.4, 0.5) is 0 Å². The Labute approximate surface area is 224 Å². The maximum absolute atomic E-state index is 8.70. The zero-order valence-corrected chi connectivity index (χ0v) is 23.2. The lowest BCUT2D eigenvalue weighted by molar-refractivity contribution is 0.405. The van der Waals surface area contributed by atoms with Gasteiger partial charge in [0, 0.05) is 4.57 Å². The zero-order valence-electron chi connectivity index (χ0n) is 21.5. The predicted octanol–water partition coefficient (Wildman–Crippen LogP) is 6.98. The summed E-state index contributed by atoms with van der Waals surface area (Å²) < 4.78 is 10.8. The van der Waals surface area contributed by atoms with E-state index in [9.17, 15) is 0 Å². The lowest BCUT2D eigenvalue weighted by Gasteiger charge is -2.36. The van der Waals surface area contributed by atoms with Crippen molar-refractivity contribution in [2.24, 2.45) is 5.92 Å². The molecular weight excluding hydrogens is 501 g/mol. The molecule has 194 valence electrons. The molecule has 37 heavy (non-hydrogen) atoms. The van der Waals surface area contributed by atoms with Gasteiger partial charge in [0.05, 0.1) is 5.25 Å².